The van der Waals surface area contributed by atoms with E-state index in [-0.39, 0.29) is 11.8 Å². The number of carboxylic acids is 1. The normalized spacial score (nSPS) is 22.1. The molecule has 1 amide bonds. The molecule has 0 spiro atoms. The Balaban J connectivity index is 1.66. The van der Waals surface area contributed by atoms with Crippen LogP contribution in [0.4, 0.5) is 5.69 Å². The van der Waals surface area contributed by atoms with Gasteiger partial charge in [0, 0.05) is 18.8 Å². The van der Waals surface area contributed by atoms with Gasteiger partial charge in [-0.05, 0) is 37.4 Å². The lowest BCUT2D eigenvalue weighted by Gasteiger charge is -2.30. The zero-order valence-electron chi connectivity index (χ0n) is 12.0. The molecule has 0 unspecified atom stereocenters. The van der Waals surface area contributed by atoms with Crippen LogP contribution in [0.15, 0.2) is 24.3 Å². The number of fused-ring (bicyclic) bond motifs is 1. The van der Waals surface area contributed by atoms with Gasteiger partial charge in [0.15, 0.2) is 0 Å². The van der Waals surface area contributed by atoms with Gasteiger partial charge < -0.3 is 10.0 Å². The van der Waals surface area contributed by atoms with Crippen LogP contribution >= 0.6 is 0 Å². The number of rotatable bonds is 3. The molecule has 3 rings (SSSR count). The fourth-order valence-electron chi connectivity index (χ4n) is 3.25. The fraction of sp³-hybridized carbons (Fsp3) is 0.500. The molecule has 112 valence electrons. The van der Waals surface area contributed by atoms with Crippen LogP contribution in [-0.2, 0) is 16.0 Å². The maximum absolute atomic E-state index is 12.5. The molecule has 1 atom stereocenters. The number of carbonyl (C=O) groups is 2. The highest BCUT2D eigenvalue weighted by atomic mass is 16.4. The number of benzene rings is 1. The SMILES string of the molecule is O=C(O)[C@H]1CCN(CC(=O)N2CCCc3ccccc32)C1. The minimum absolute atomic E-state index is 0.0770. The summed E-state index contributed by atoms with van der Waals surface area (Å²) in [6, 6.07) is 8.03. The van der Waals surface area contributed by atoms with E-state index in [1.165, 1.54) is 5.56 Å². The Morgan fingerprint density at radius 2 is 2.05 bits per heavy atom. The average molecular weight is 288 g/mol. The zero-order chi connectivity index (χ0) is 14.8. The second-order valence-electron chi connectivity index (χ2n) is 5.84. The zero-order valence-corrected chi connectivity index (χ0v) is 12.0. The molecular weight excluding hydrogens is 268 g/mol. The summed E-state index contributed by atoms with van der Waals surface area (Å²) >= 11 is 0. The van der Waals surface area contributed by atoms with Gasteiger partial charge in [0.1, 0.15) is 0 Å². The molecule has 21 heavy (non-hydrogen) atoms. The number of nitrogens with zero attached hydrogens (tertiary/aromatic N) is 2. The van der Waals surface area contributed by atoms with Crippen LogP contribution in [0.3, 0.4) is 0 Å². The highest BCUT2D eigenvalue weighted by Gasteiger charge is 2.31. The van der Waals surface area contributed by atoms with Gasteiger partial charge in [0.25, 0.3) is 0 Å². The maximum atomic E-state index is 12.5. The van der Waals surface area contributed by atoms with Crippen molar-refractivity contribution < 1.29 is 14.7 Å². The molecular formula is C16H20N2O3. The van der Waals surface area contributed by atoms with Crippen LogP contribution in [0.2, 0.25) is 0 Å². The lowest BCUT2D eigenvalue weighted by molar-refractivity contribution is -0.141. The van der Waals surface area contributed by atoms with E-state index >= 15 is 0 Å². The second kappa shape index (κ2) is 5.85. The molecule has 0 radical (unpaired) electrons. The minimum atomic E-state index is -0.756. The third-order valence-electron chi connectivity index (χ3n) is 4.39. The van der Waals surface area contributed by atoms with E-state index in [2.05, 4.69) is 6.07 Å². The molecule has 5 nitrogen and oxygen atoms in total. The van der Waals surface area contributed by atoms with E-state index in [0.29, 0.717) is 26.1 Å². The fourth-order valence-corrected chi connectivity index (χ4v) is 3.25. The summed E-state index contributed by atoms with van der Waals surface area (Å²) in [5.74, 6) is -1.01. The van der Waals surface area contributed by atoms with Crippen molar-refractivity contribution in [3.63, 3.8) is 0 Å². The number of likely N-dealkylation sites (tertiary alicyclic amines) is 1. The summed E-state index contributed by atoms with van der Waals surface area (Å²) in [4.78, 5) is 27.3. The van der Waals surface area contributed by atoms with Crippen LogP contribution in [0.1, 0.15) is 18.4 Å². The van der Waals surface area contributed by atoms with Crippen LogP contribution in [0.5, 0.6) is 0 Å². The molecule has 0 aromatic heterocycles. The van der Waals surface area contributed by atoms with Crippen molar-refractivity contribution in [2.75, 3.05) is 31.1 Å². The van der Waals surface area contributed by atoms with Crippen molar-refractivity contribution in [1.82, 2.24) is 4.90 Å². The molecule has 5 heteroatoms. The first-order valence-corrected chi connectivity index (χ1v) is 7.48. The molecule has 2 aliphatic rings. The smallest absolute Gasteiger partial charge is 0.307 e. The summed E-state index contributed by atoms with van der Waals surface area (Å²) in [6.07, 6.45) is 2.64. The number of amides is 1. The van der Waals surface area contributed by atoms with Crippen molar-refractivity contribution in [2.24, 2.45) is 5.92 Å². The first kappa shape index (κ1) is 14.1. The van der Waals surface area contributed by atoms with Crippen molar-refractivity contribution in [3.05, 3.63) is 29.8 Å². The van der Waals surface area contributed by atoms with Gasteiger partial charge in [0.05, 0.1) is 12.5 Å². The predicted octanol–water partition coefficient (Wildman–Crippen LogP) is 1.37. The minimum Gasteiger partial charge on any atom is -0.481 e. The molecule has 1 aromatic carbocycles. The van der Waals surface area contributed by atoms with E-state index in [4.69, 9.17) is 5.11 Å². The lowest BCUT2D eigenvalue weighted by atomic mass is 10.0. The number of aliphatic carboxylic acids is 1. The Kier molecular flexibility index (Phi) is 3.92. The quantitative estimate of drug-likeness (QED) is 0.912. The van der Waals surface area contributed by atoms with E-state index in [1.807, 2.05) is 28.0 Å². The first-order valence-electron chi connectivity index (χ1n) is 7.48. The highest BCUT2D eigenvalue weighted by Crippen LogP contribution is 2.27. The average Bonchev–Trinajstić information content (AvgIpc) is 2.95. The second-order valence-corrected chi connectivity index (χ2v) is 5.84. The largest absolute Gasteiger partial charge is 0.481 e. The Labute approximate surface area is 124 Å². The van der Waals surface area contributed by atoms with Crippen LogP contribution in [0.25, 0.3) is 0 Å². The number of hydrogen-bond acceptors (Lipinski definition) is 3. The van der Waals surface area contributed by atoms with Gasteiger partial charge in [0.2, 0.25) is 5.91 Å². The molecule has 0 aliphatic carbocycles. The molecule has 1 saturated heterocycles. The number of anilines is 1. The Bertz CT molecular complexity index is 558. The van der Waals surface area contributed by atoms with E-state index in [1.54, 1.807) is 0 Å². The van der Waals surface area contributed by atoms with Crippen molar-refractivity contribution >= 4 is 17.6 Å². The maximum Gasteiger partial charge on any atom is 0.307 e. The van der Waals surface area contributed by atoms with Crippen molar-refractivity contribution in [1.29, 1.82) is 0 Å². The van der Waals surface area contributed by atoms with E-state index in [9.17, 15) is 9.59 Å². The van der Waals surface area contributed by atoms with Gasteiger partial charge in [-0.25, -0.2) is 0 Å². The summed E-state index contributed by atoms with van der Waals surface area (Å²) < 4.78 is 0. The van der Waals surface area contributed by atoms with Crippen LogP contribution in [-0.4, -0.2) is 48.1 Å². The third kappa shape index (κ3) is 2.93. The lowest BCUT2D eigenvalue weighted by Crippen LogP contribution is -2.42. The van der Waals surface area contributed by atoms with E-state index < -0.39 is 5.97 Å². The monoisotopic (exact) mass is 288 g/mol. The number of carbonyl (C=O) groups excluding carboxylic acids is 1. The van der Waals surface area contributed by atoms with Crippen molar-refractivity contribution in [2.45, 2.75) is 19.3 Å². The Morgan fingerprint density at radius 3 is 2.81 bits per heavy atom. The van der Waals surface area contributed by atoms with Crippen LogP contribution in [0, 0.1) is 5.92 Å². The molecule has 1 N–H and O–H groups in total. The number of para-hydroxylation sites is 1. The highest BCUT2D eigenvalue weighted by molar-refractivity contribution is 5.96. The molecule has 0 saturated carbocycles. The summed E-state index contributed by atoms with van der Waals surface area (Å²) in [5, 5.41) is 9.02. The molecule has 1 fully saturated rings. The van der Waals surface area contributed by atoms with Gasteiger partial charge >= 0.3 is 5.97 Å². The third-order valence-corrected chi connectivity index (χ3v) is 4.39. The Hall–Kier alpha value is -1.88. The first-order chi connectivity index (χ1) is 10.1. The molecule has 1 aromatic rings. The standard InChI is InChI=1S/C16H20N2O3/c19-15(11-17-9-7-13(10-17)16(20)21)18-8-3-5-12-4-1-2-6-14(12)18/h1-2,4,6,13H,3,5,7-11H2,(H,20,21)/t13-/m0/s1. The van der Waals surface area contributed by atoms with Crippen LogP contribution < -0.4 is 4.90 Å². The van der Waals surface area contributed by atoms with Crippen molar-refractivity contribution in [3.8, 4) is 0 Å². The molecule has 0 bridgehead atoms. The summed E-state index contributed by atoms with van der Waals surface area (Å²) in [6.45, 7) is 2.25. The number of carboxylic acid groups (broad SMARTS) is 1. The summed E-state index contributed by atoms with van der Waals surface area (Å²) in [7, 11) is 0. The number of aryl methyl sites for hydroxylation is 1. The van der Waals surface area contributed by atoms with E-state index in [0.717, 1.165) is 25.1 Å². The topological polar surface area (TPSA) is 60.9 Å². The van der Waals surface area contributed by atoms with Gasteiger partial charge in [-0.3, -0.25) is 14.5 Å². The molecule has 2 heterocycles. The van der Waals surface area contributed by atoms with Gasteiger partial charge in [-0.1, -0.05) is 18.2 Å². The molecule has 2 aliphatic heterocycles. The summed E-state index contributed by atoms with van der Waals surface area (Å²) in [5.41, 5.74) is 2.24. The van der Waals surface area contributed by atoms with Gasteiger partial charge in [-0.2, -0.15) is 0 Å². The van der Waals surface area contributed by atoms with Gasteiger partial charge in [-0.15, -0.1) is 0 Å². The predicted molar refractivity (Wildman–Crippen MR) is 79.3 cm³/mol. The number of hydrogen-bond donors (Lipinski definition) is 1. The Morgan fingerprint density at radius 1 is 1.24 bits per heavy atom.